The first-order chi connectivity index (χ1) is 11.0. The van der Waals surface area contributed by atoms with Gasteiger partial charge >= 0.3 is 0 Å². The van der Waals surface area contributed by atoms with Crippen molar-refractivity contribution in [2.24, 2.45) is 5.73 Å². The maximum Gasteiger partial charge on any atom is 0.291 e. The van der Waals surface area contributed by atoms with Crippen LogP contribution in [0.2, 0.25) is 0 Å². The summed E-state index contributed by atoms with van der Waals surface area (Å²) >= 11 is 3.18. The number of rotatable bonds is 3. The number of halogens is 2. The van der Waals surface area contributed by atoms with Crippen LogP contribution < -0.4 is 16.0 Å². The van der Waals surface area contributed by atoms with Crippen LogP contribution in [0, 0.1) is 5.82 Å². The fraction of sp³-hybridized carbons (Fsp3) is 0.333. The van der Waals surface area contributed by atoms with E-state index in [1.165, 1.54) is 6.07 Å². The smallest absolute Gasteiger partial charge is 0.291 e. The summed E-state index contributed by atoms with van der Waals surface area (Å²) in [7, 11) is 0. The van der Waals surface area contributed by atoms with E-state index < -0.39 is 5.91 Å². The van der Waals surface area contributed by atoms with Crippen LogP contribution in [-0.4, -0.2) is 35.0 Å². The number of hydrogen-bond donors (Lipinski definition) is 3. The molecular weight excluding hydrogens is 365 g/mol. The standard InChI is InChI=1S/C15H17BrFN5O/c16-12-7-19-14(21-12)15(23)20-11-5-1-4-10(17)13(11)22-6-2-3-9(18)8-22/h1,4-5,7,9H,2-3,6,8,18H2,(H,19,21)(H,20,23)/t9-/m1/s1. The molecule has 1 atom stereocenters. The van der Waals surface area contributed by atoms with Crippen LogP contribution in [0.15, 0.2) is 29.0 Å². The fourth-order valence-electron chi connectivity index (χ4n) is 2.75. The van der Waals surface area contributed by atoms with Crippen molar-refractivity contribution in [3.05, 3.63) is 40.6 Å². The molecule has 2 heterocycles. The first-order valence-corrected chi connectivity index (χ1v) is 8.15. The Kier molecular flexibility index (Phi) is 4.63. The number of nitrogens with two attached hydrogens (primary N) is 1. The molecule has 23 heavy (non-hydrogen) atoms. The van der Waals surface area contributed by atoms with Crippen molar-refractivity contribution >= 4 is 33.2 Å². The summed E-state index contributed by atoms with van der Waals surface area (Å²) in [6, 6.07) is 4.63. The zero-order valence-electron chi connectivity index (χ0n) is 12.4. The van der Waals surface area contributed by atoms with E-state index in [0.29, 0.717) is 29.1 Å². The van der Waals surface area contributed by atoms with E-state index in [2.05, 4.69) is 31.2 Å². The fourth-order valence-corrected chi connectivity index (χ4v) is 3.04. The molecule has 0 bridgehead atoms. The molecule has 1 amide bonds. The Morgan fingerprint density at radius 2 is 2.35 bits per heavy atom. The predicted octanol–water partition coefficient (Wildman–Crippen LogP) is 2.49. The lowest BCUT2D eigenvalue weighted by molar-refractivity contribution is 0.101. The van der Waals surface area contributed by atoms with Gasteiger partial charge in [0.15, 0.2) is 5.82 Å². The van der Waals surface area contributed by atoms with Crippen LogP contribution >= 0.6 is 15.9 Å². The summed E-state index contributed by atoms with van der Waals surface area (Å²) in [6.07, 6.45) is 3.38. The van der Waals surface area contributed by atoms with Gasteiger partial charge in [-0.1, -0.05) is 6.07 Å². The molecule has 0 saturated carbocycles. The van der Waals surface area contributed by atoms with Crippen molar-refractivity contribution in [1.82, 2.24) is 9.97 Å². The number of carbonyl (C=O) groups is 1. The van der Waals surface area contributed by atoms with Gasteiger partial charge in [-0.15, -0.1) is 0 Å². The molecule has 1 aliphatic rings. The largest absolute Gasteiger partial charge is 0.366 e. The van der Waals surface area contributed by atoms with Crippen LogP contribution in [0.1, 0.15) is 23.5 Å². The summed E-state index contributed by atoms with van der Waals surface area (Å²) in [5, 5.41) is 2.72. The molecular formula is C15H17BrFN5O. The van der Waals surface area contributed by atoms with Gasteiger partial charge in [-0.3, -0.25) is 4.79 Å². The number of imidazole rings is 1. The lowest BCUT2D eigenvalue weighted by Gasteiger charge is -2.34. The van der Waals surface area contributed by atoms with Gasteiger partial charge in [0.1, 0.15) is 10.4 Å². The number of amides is 1. The summed E-state index contributed by atoms with van der Waals surface area (Å²) in [5.74, 6) is -0.649. The highest BCUT2D eigenvalue weighted by molar-refractivity contribution is 9.10. The highest BCUT2D eigenvalue weighted by Crippen LogP contribution is 2.31. The minimum Gasteiger partial charge on any atom is -0.366 e. The lowest BCUT2D eigenvalue weighted by Crippen LogP contribution is -2.43. The van der Waals surface area contributed by atoms with Crippen LogP contribution in [0.4, 0.5) is 15.8 Å². The van der Waals surface area contributed by atoms with Gasteiger partial charge in [0.2, 0.25) is 0 Å². The Bertz CT molecular complexity index is 720. The third kappa shape index (κ3) is 3.53. The molecule has 1 fully saturated rings. The second-order valence-corrected chi connectivity index (χ2v) is 6.32. The molecule has 3 rings (SSSR count). The van der Waals surface area contributed by atoms with Crippen LogP contribution in [0.3, 0.4) is 0 Å². The van der Waals surface area contributed by atoms with Crippen molar-refractivity contribution < 1.29 is 9.18 Å². The predicted molar refractivity (Wildman–Crippen MR) is 90.1 cm³/mol. The minimum absolute atomic E-state index is 0.00735. The van der Waals surface area contributed by atoms with Crippen molar-refractivity contribution in [2.75, 3.05) is 23.3 Å². The molecule has 0 aliphatic carbocycles. The molecule has 8 heteroatoms. The molecule has 1 aromatic heterocycles. The molecule has 6 nitrogen and oxygen atoms in total. The van der Waals surface area contributed by atoms with Gasteiger partial charge in [0, 0.05) is 25.3 Å². The summed E-state index contributed by atoms with van der Waals surface area (Å²) < 4.78 is 14.9. The van der Waals surface area contributed by atoms with Crippen LogP contribution in [0.25, 0.3) is 0 Å². The van der Waals surface area contributed by atoms with Crippen molar-refractivity contribution in [1.29, 1.82) is 0 Å². The number of nitrogens with one attached hydrogen (secondary N) is 2. The Morgan fingerprint density at radius 1 is 1.52 bits per heavy atom. The third-order valence-electron chi connectivity index (χ3n) is 3.77. The average molecular weight is 382 g/mol. The highest BCUT2D eigenvalue weighted by Gasteiger charge is 2.23. The molecule has 1 aromatic carbocycles. The Labute approximate surface area is 141 Å². The number of H-pyrrole nitrogens is 1. The van der Waals surface area contributed by atoms with E-state index in [0.717, 1.165) is 12.8 Å². The molecule has 0 radical (unpaired) electrons. The van der Waals surface area contributed by atoms with E-state index in [9.17, 15) is 9.18 Å². The number of para-hydroxylation sites is 1. The number of anilines is 2. The zero-order chi connectivity index (χ0) is 16.4. The monoisotopic (exact) mass is 381 g/mol. The number of carbonyl (C=O) groups excluding carboxylic acids is 1. The van der Waals surface area contributed by atoms with E-state index in [4.69, 9.17) is 5.73 Å². The topological polar surface area (TPSA) is 87.0 Å². The van der Waals surface area contributed by atoms with E-state index >= 15 is 0 Å². The second kappa shape index (κ2) is 6.67. The first kappa shape index (κ1) is 15.9. The molecule has 1 aliphatic heterocycles. The zero-order valence-corrected chi connectivity index (χ0v) is 13.9. The summed E-state index contributed by atoms with van der Waals surface area (Å²) in [5.41, 5.74) is 6.78. The van der Waals surface area contributed by atoms with Gasteiger partial charge in [-0.25, -0.2) is 9.37 Å². The van der Waals surface area contributed by atoms with E-state index in [1.54, 1.807) is 18.3 Å². The Balaban J connectivity index is 1.87. The molecule has 122 valence electrons. The van der Waals surface area contributed by atoms with Crippen LogP contribution in [0.5, 0.6) is 0 Å². The third-order valence-corrected chi connectivity index (χ3v) is 4.18. The van der Waals surface area contributed by atoms with Gasteiger partial charge in [0.05, 0.1) is 11.4 Å². The number of piperidine rings is 1. The Hall–Kier alpha value is -1.93. The normalized spacial score (nSPS) is 18.0. The van der Waals surface area contributed by atoms with Gasteiger partial charge in [0.25, 0.3) is 5.91 Å². The van der Waals surface area contributed by atoms with E-state index in [1.807, 2.05) is 4.90 Å². The SMILES string of the molecule is N[C@@H]1CCCN(c2c(F)cccc2NC(=O)c2nc(Br)c[nH]2)C1. The maximum atomic E-state index is 14.4. The quantitative estimate of drug-likeness (QED) is 0.761. The number of aromatic amines is 1. The van der Waals surface area contributed by atoms with Crippen LogP contribution in [-0.2, 0) is 0 Å². The van der Waals surface area contributed by atoms with Crippen molar-refractivity contribution in [2.45, 2.75) is 18.9 Å². The number of hydrogen-bond acceptors (Lipinski definition) is 4. The number of aromatic nitrogens is 2. The first-order valence-electron chi connectivity index (χ1n) is 7.36. The molecule has 4 N–H and O–H groups in total. The van der Waals surface area contributed by atoms with Crippen molar-refractivity contribution in [3.63, 3.8) is 0 Å². The highest BCUT2D eigenvalue weighted by atomic mass is 79.9. The van der Waals surface area contributed by atoms with Gasteiger partial charge < -0.3 is 20.9 Å². The van der Waals surface area contributed by atoms with Crippen molar-refractivity contribution in [3.8, 4) is 0 Å². The Morgan fingerprint density at radius 3 is 3.04 bits per heavy atom. The lowest BCUT2D eigenvalue weighted by atomic mass is 10.1. The molecule has 0 spiro atoms. The maximum absolute atomic E-state index is 14.4. The second-order valence-electron chi connectivity index (χ2n) is 5.51. The average Bonchev–Trinajstić information content (AvgIpc) is 2.94. The number of nitrogens with zero attached hydrogens (tertiary/aromatic N) is 2. The molecule has 0 unspecified atom stereocenters. The minimum atomic E-state index is -0.427. The van der Waals surface area contributed by atoms with Gasteiger partial charge in [-0.05, 0) is 40.9 Å². The number of benzene rings is 1. The summed E-state index contributed by atoms with van der Waals surface area (Å²) in [6.45, 7) is 1.28. The van der Waals surface area contributed by atoms with E-state index in [-0.39, 0.29) is 17.7 Å². The molecule has 1 saturated heterocycles. The van der Waals surface area contributed by atoms with Gasteiger partial charge in [-0.2, -0.15) is 0 Å². The molecule has 2 aromatic rings. The summed E-state index contributed by atoms with van der Waals surface area (Å²) in [4.78, 5) is 20.9.